The minimum Gasteiger partial charge on any atom is -0.263 e. The van der Waals surface area contributed by atoms with E-state index in [0.29, 0.717) is 19.0 Å². The van der Waals surface area contributed by atoms with Crippen LogP contribution in [-0.2, 0) is 10.0 Å². The lowest BCUT2D eigenvalue weighted by atomic mass is 9.76. The van der Waals surface area contributed by atoms with Crippen LogP contribution in [0.3, 0.4) is 0 Å². The van der Waals surface area contributed by atoms with Gasteiger partial charge in [0.05, 0.1) is 5.75 Å². The lowest BCUT2D eigenvalue weighted by molar-refractivity contribution is 0.277. The summed E-state index contributed by atoms with van der Waals surface area (Å²) in [6, 6.07) is 0. The third-order valence-corrected chi connectivity index (χ3v) is 7.56. The van der Waals surface area contributed by atoms with Crippen molar-refractivity contribution >= 4 is 10.0 Å². The smallest absolute Gasteiger partial charge is 0.213 e. The Morgan fingerprint density at radius 3 is 2.68 bits per heavy atom. The van der Waals surface area contributed by atoms with Gasteiger partial charge in [-0.3, -0.25) is 5.10 Å². The van der Waals surface area contributed by atoms with Gasteiger partial charge in [0.15, 0.2) is 5.82 Å². The highest BCUT2D eigenvalue weighted by atomic mass is 32.2. The Labute approximate surface area is 131 Å². The molecule has 1 spiro atoms. The van der Waals surface area contributed by atoms with Crippen LogP contribution in [0.5, 0.6) is 0 Å². The van der Waals surface area contributed by atoms with Crippen molar-refractivity contribution in [1.29, 1.82) is 0 Å². The van der Waals surface area contributed by atoms with Crippen molar-refractivity contribution in [3.8, 4) is 0 Å². The number of rotatable bonds is 4. The minimum absolute atomic E-state index is 0.0720. The predicted octanol–water partition coefficient (Wildman–Crippen LogP) is 1.99. The highest BCUT2D eigenvalue weighted by Gasteiger charge is 2.52. The van der Waals surface area contributed by atoms with Crippen LogP contribution in [-0.4, -0.2) is 46.7 Å². The van der Waals surface area contributed by atoms with Crippen LogP contribution in [0, 0.1) is 5.41 Å². The van der Waals surface area contributed by atoms with Crippen molar-refractivity contribution < 1.29 is 8.42 Å². The zero-order chi connectivity index (χ0) is 15.4. The maximum absolute atomic E-state index is 12.3. The molecule has 2 aliphatic carbocycles. The Morgan fingerprint density at radius 2 is 2.05 bits per heavy atom. The second-order valence-corrected chi connectivity index (χ2v) is 9.43. The largest absolute Gasteiger partial charge is 0.263 e. The molecule has 7 heteroatoms. The van der Waals surface area contributed by atoms with Crippen LogP contribution in [0.25, 0.3) is 0 Å². The number of aromatic nitrogens is 3. The van der Waals surface area contributed by atoms with Gasteiger partial charge in [-0.05, 0) is 38.0 Å². The average molecular weight is 324 g/mol. The second-order valence-electron chi connectivity index (χ2n) is 7.17. The quantitative estimate of drug-likeness (QED) is 0.918. The zero-order valence-electron chi connectivity index (χ0n) is 13.1. The lowest BCUT2D eigenvalue weighted by Crippen LogP contribution is -2.32. The Bertz CT molecular complexity index is 659. The fourth-order valence-electron chi connectivity index (χ4n) is 4.25. The van der Waals surface area contributed by atoms with Gasteiger partial charge in [-0.2, -0.15) is 5.10 Å². The second kappa shape index (κ2) is 5.03. The SMILES string of the molecule is CCS(=O)(=O)N1CC(c2nc(C3CC3)n[nH]2)C2(CCCC2)C1. The van der Waals surface area contributed by atoms with Crippen molar-refractivity contribution in [1.82, 2.24) is 19.5 Å². The molecule has 0 radical (unpaired) electrons. The topological polar surface area (TPSA) is 79.0 Å². The van der Waals surface area contributed by atoms with E-state index in [1.54, 1.807) is 11.2 Å². The van der Waals surface area contributed by atoms with E-state index in [4.69, 9.17) is 4.98 Å². The van der Waals surface area contributed by atoms with Crippen LogP contribution in [0.2, 0.25) is 0 Å². The molecule has 1 saturated heterocycles. The Balaban J connectivity index is 1.65. The number of hydrogen-bond donors (Lipinski definition) is 1. The first-order valence-corrected chi connectivity index (χ1v) is 10.0. The molecule has 1 aromatic heterocycles. The molecule has 1 aliphatic heterocycles. The Kier molecular flexibility index (Phi) is 3.34. The molecule has 1 N–H and O–H groups in total. The fraction of sp³-hybridized carbons (Fsp3) is 0.867. The normalized spacial score (nSPS) is 28.7. The third kappa shape index (κ3) is 2.29. The van der Waals surface area contributed by atoms with Crippen LogP contribution < -0.4 is 0 Å². The first kappa shape index (κ1) is 14.6. The van der Waals surface area contributed by atoms with Gasteiger partial charge in [-0.1, -0.05) is 12.8 Å². The molecule has 1 unspecified atom stereocenters. The molecular formula is C15H24N4O2S. The molecule has 3 aliphatic rings. The lowest BCUT2D eigenvalue weighted by Gasteiger charge is -2.28. The minimum atomic E-state index is -3.13. The first-order chi connectivity index (χ1) is 10.5. The summed E-state index contributed by atoms with van der Waals surface area (Å²) in [4.78, 5) is 4.73. The summed E-state index contributed by atoms with van der Waals surface area (Å²) in [7, 11) is -3.13. The molecule has 2 heterocycles. The van der Waals surface area contributed by atoms with Crippen molar-refractivity contribution in [2.24, 2.45) is 5.41 Å². The molecular weight excluding hydrogens is 300 g/mol. The Morgan fingerprint density at radius 1 is 1.32 bits per heavy atom. The van der Waals surface area contributed by atoms with Crippen LogP contribution >= 0.6 is 0 Å². The van der Waals surface area contributed by atoms with Gasteiger partial charge in [-0.25, -0.2) is 17.7 Å². The van der Waals surface area contributed by atoms with E-state index in [-0.39, 0.29) is 17.1 Å². The number of hydrogen-bond acceptors (Lipinski definition) is 4. The molecule has 22 heavy (non-hydrogen) atoms. The van der Waals surface area contributed by atoms with E-state index < -0.39 is 10.0 Å². The van der Waals surface area contributed by atoms with Crippen LogP contribution in [0.15, 0.2) is 0 Å². The molecule has 0 bridgehead atoms. The summed E-state index contributed by atoms with van der Waals surface area (Å²) in [5, 5.41) is 7.51. The standard InChI is InChI=1S/C15H24N4O2S/c1-2-22(20,21)19-9-12(15(10-19)7-3-4-8-15)14-16-13(17-18-14)11-5-6-11/h11-12H,2-10H2,1H3,(H,16,17,18). The van der Waals surface area contributed by atoms with E-state index >= 15 is 0 Å². The van der Waals surface area contributed by atoms with Crippen molar-refractivity contribution in [3.63, 3.8) is 0 Å². The molecule has 3 fully saturated rings. The van der Waals surface area contributed by atoms with E-state index in [0.717, 1.165) is 24.5 Å². The molecule has 4 rings (SSSR count). The molecule has 122 valence electrons. The average Bonchev–Trinajstić information content (AvgIpc) is 2.94. The molecule has 1 aromatic rings. The van der Waals surface area contributed by atoms with Gasteiger partial charge in [-0.15, -0.1) is 0 Å². The maximum atomic E-state index is 12.3. The van der Waals surface area contributed by atoms with E-state index in [1.165, 1.54) is 25.7 Å². The molecule has 2 saturated carbocycles. The number of H-pyrrole nitrogens is 1. The van der Waals surface area contributed by atoms with Gasteiger partial charge in [0, 0.05) is 24.9 Å². The predicted molar refractivity (Wildman–Crippen MR) is 83.0 cm³/mol. The monoisotopic (exact) mass is 324 g/mol. The van der Waals surface area contributed by atoms with Crippen LogP contribution in [0.1, 0.15) is 68.9 Å². The summed E-state index contributed by atoms with van der Waals surface area (Å²) in [6.45, 7) is 2.95. The van der Waals surface area contributed by atoms with Gasteiger partial charge >= 0.3 is 0 Å². The first-order valence-electron chi connectivity index (χ1n) is 8.44. The van der Waals surface area contributed by atoms with Crippen molar-refractivity contribution in [2.75, 3.05) is 18.8 Å². The van der Waals surface area contributed by atoms with Gasteiger partial charge in [0.25, 0.3) is 0 Å². The summed E-state index contributed by atoms with van der Waals surface area (Å²) in [5.74, 6) is 2.73. The van der Waals surface area contributed by atoms with Gasteiger partial charge < -0.3 is 0 Å². The highest BCUT2D eigenvalue weighted by Crippen LogP contribution is 2.53. The third-order valence-electron chi connectivity index (χ3n) is 5.77. The van der Waals surface area contributed by atoms with Gasteiger partial charge in [0.2, 0.25) is 10.0 Å². The summed E-state index contributed by atoms with van der Waals surface area (Å²) in [5.41, 5.74) is 0.0720. The molecule has 0 amide bonds. The number of nitrogens with one attached hydrogen (secondary N) is 1. The molecule has 0 aromatic carbocycles. The zero-order valence-corrected chi connectivity index (χ0v) is 13.9. The summed E-state index contributed by atoms with van der Waals surface area (Å²) < 4.78 is 26.3. The van der Waals surface area contributed by atoms with Gasteiger partial charge in [0.1, 0.15) is 5.82 Å². The molecule has 6 nitrogen and oxygen atoms in total. The van der Waals surface area contributed by atoms with E-state index in [2.05, 4.69) is 10.2 Å². The number of sulfonamides is 1. The molecule has 1 atom stereocenters. The van der Waals surface area contributed by atoms with Crippen LogP contribution in [0.4, 0.5) is 0 Å². The summed E-state index contributed by atoms with van der Waals surface area (Å²) >= 11 is 0. The maximum Gasteiger partial charge on any atom is 0.213 e. The number of nitrogens with zero attached hydrogens (tertiary/aromatic N) is 3. The number of aromatic amines is 1. The fourth-order valence-corrected chi connectivity index (χ4v) is 5.44. The van der Waals surface area contributed by atoms with Crippen molar-refractivity contribution in [2.45, 2.75) is 57.3 Å². The Hall–Kier alpha value is -0.950. The van der Waals surface area contributed by atoms with E-state index in [1.807, 2.05) is 0 Å². The van der Waals surface area contributed by atoms with E-state index in [9.17, 15) is 8.42 Å². The summed E-state index contributed by atoms with van der Waals surface area (Å²) in [6.07, 6.45) is 6.97. The van der Waals surface area contributed by atoms with Crippen molar-refractivity contribution in [3.05, 3.63) is 11.6 Å². The highest BCUT2D eigenvalue weighted by molar-refractivity contribution is 7.89.